The lowest BCUT2D eigenvalue weighted by atomic mass is 10.0. The molecule has 1 aromatic rings. The van der Waals surface area contributed by atoms with E-state index in [2.05, 4.69) is 4.79 Å². The molecule has 0 aromatic carbocycles. The number of hydrogen-bond donors (Lipinski definition) is 3. The van der Waals surface area contributed by atoms with E-state index in [1.807, 2.05) is 4.98 Å². The smallest absolute Gasteiger partial charge is 0.330 e. The van der Waals surface area contributed by atoms with Crippen LogP contribution < -0.4 is 11.2 Å². The van der Waals surface area contributed by atoms with Gasteiger partial charge in [-0.1, -0.05) is 0 Å². The molecule has 1 aromatic heterocycles. The van der Waals surface area contributed by atoms with Gasteiger partial charge in [0.2, 0.25) is 5.78 Å². The number of aromatic nitrogens is 2. The van der Waals surface area contributed by atoms with Crippen LogP contribution in [0, 0.1) is 0 Å². The summed E-state index contributed by atoms with van der Waals surface area (Å²) in [5.74, 6) is -0.475. The van der Waals surface area contributed by atoms with Crippen LogP contribution in [0.25, 0.3) is 5.53 Å². The summed E-state index contributed by atoms with van der Waals surface area (Å²) in [5.41, 5.74) is 6.85. The van der Waals surface area contributed by atoms with Crippen molar-refractivity contribution in [3.63, 3.8) is 0 Å². The number of ether oxygens (including phenoxy) is 1. The zero-order valence-electron chi connectivity index (χ0n) is 11.3. The maximum atomic E-state index is 11.7. The molecule has 1 fully saturated rings. The van der Waals surface area contributed by atoms with Gasteiger partial charge in [0.05, 0.1) is 6.10 Å². The van der Waals surface area contributed by atoms with Crippen LogP contribution in [-0.2, 0) is 9.53 Å². The highest BCUT2D eigenvalue weighted by atomic mass is 16.6. The van der Waals surface area contributed by atoms with Crippen molar-refractivity contribution in [1.82, 2.24) is 9.55 Å². The molecule has 0 bridgehead atoms. The largest absolute Gasteiger partial charge is 0.388 e. The first-order valence-electron chi connectivity index (χ1n) is 6.47. The fourth-order valence-electron chi connectivity index (χ4n) is 2.24. The number of carbonyl (C=O) groups is 1. The minimum Gasteiger partial charge on any atom is -0.388 e. The fourth-order valence-corrected chi connectivity index (χ4v) is 2.24. The van der Waals surface area contributed by atoms with Crippen molar-refractivity contribution in [3.8, 4) is 0 Å². The summed E-state index contributed by atoms with van der Waals surface area (Å²) in [6.45, 7) is 0. The Morgan fingerprint density at radius 1 is 1.45 bits per heavy atom. The Morgan fingerprint density at radius 3 is 2.82 bits per heavy atom. The van der Waals surface area contributed by atoms with Gasteiger partial charge in [0, 0.05) is 18.7 Å². The van der Waals surface area contributed by atoms with E-state index >= 15 is 0 Å². The molecule has 22 heavy (non-hydrogen) atoms. The number of carbonyl (C=O) groups excluding carboxylic acids is 1. The lowest BCUT2D eigenvalue weighted by molar-refractivity contribution is -0.117. The zero-order valence-corrected chi connectivity index (χ0v) is 11.3. The van der Waals surface area contributed by atoms with Crippen LogP contribution in [0.5, 0.6) is 0 Å². The minimum atomic E-state index is -1.39. The molecule has 0 amide bonds. The highest BCUT2D eigenvalue weighted by molar-refractivity contribution is 6.25. The molecule has 4 unspecified atom stereocenters. The Hall–Kier alpha value is -2.39. The molecule has 10 nitrogen and oxygen atoms in total. The summed E-state index contributed by atoms with van der Waals surface area (Å²) < 4.78 is 6.35. The molecule has 0 radical (unpaired) electrons. The van der Waals surface area contributed by atoms with Crippen molar-refractivity contribution < 1.29 is 24.5 Å². The van der Waals surface area contributed by atoms with Crippen molar-refractivity contribution >= 4 is 12.0 Å². The summed E-state index contributed by atoms with van der Waals surface area (Å²) in [6, 6.07) is 1.08. The van der Waals surface area contributed by atoms with E-state index in [9.17, 15) is 24.6 Å². The molecule has 0 saturated carbocycles. The van der Waals surface area contributed by atoms with Crippen LogP contribution in [0.2, 0.25) is 0 Å². The monoisotopic (exact) mass is 310 g/mol. The number of Topliss-reactive ketones (excluding diaryl/α,β-unsaturated/α-hetero) is 1. The van der Waals surface area contributed by atoms with Crippen molar-refractivity contribution in [1.29, 1.82) is 0 Å². The maximum Gasteiger partial charge on any atom is 0.330 e. The van der Waals surface area contributed by atoms with Crippen LogP contribution in [0.4, 0.5) is 0 Å². The van der Waals surface area contributed by atoms with Gasteiger partial charge in [-0.25, -0.2) is 4.79 Å². The Bertz CT molecular complexity index is 719. The van der Waals surface area contributed by atoms with Crippen molar-refractivity contribution in [2.75, 3.05) is 0 Å². The lowest BCUT2D eigenvalue weighted by Gasteiger charge is -2.16. The summed E-state index contributed by atoms with van der Waals surface area (Å²) in [5, 5.41) is 19.9. The van der Waals surface area contributed by atoms with Gasteiger partial charge in [-0.3, -0.25) is 19.1 Å². The van der Waals surface area contributed by atoms with Crippen molar-refractivity contribution in [2.45, 2.75) is 37.4 Å². The predicted molar refractivity (Wildman–Crippen MR) is 71.2 cm³/mol. The summed E-state index contributed by atoms with van der Waals surface area (Å²) in [7, 11) is 0. The first kappa shape index (κ1) is 16.0. The second-order valence-corrected chi connectivity index (χ2v) is 4.81. The van der Waals surface area contributed by atoms with Crippen LogP contribution in [-0.4, -0.2) is 54.9 Å². The number of aromatic amines is 1. The average molecular weight is 310 g/mol. The predicted octanol–water partition coefficient (Wildman–Crippen LogP) is -2.19. The Labute approximate surface area is 123 Å². The molecule has 3 N–H and O–H groups in total. The van der Waals surface area contributed by atoms with Gasteiger partial charge in [-0.05, 0) is 6.42 Å². The van der Waals surface area contributed by atoms with Crippen LogP contribution in [0.15, 0.2) is 21.9 Å². The second-order valence-electron chi connectivity index (χ2n) is 4.81. The van der Waals surface area contributed by atoms with Crippen LogP contribution in [0.1, 0.15) is 19.1 Å². The Morgan fingerprint density at radius 2 is 2.18 bits per heavy atom. The van der Waals surface area contributed by atoms with Crippen molar-refractivity contribution in [2.24, 2.45) is 0 Å². The van der Waals surface area contributed by atoms with Gasteiger partial charge in [0.1, 0.15) is 12.2 Å². The summed E-state index contributed by atoms with van der Waals surface area (Å²) in [6.07, 6.45) is -2.88. The average Bonchev–Trinajstić information content (AvgIpc) is 2.74. The van der Waals surface area contributed by atoms with Crippen LogP contribution in [0.3, 0.4) is 0 Å². The molecular weight excluding hydrogens is 296 g/mol. The molecule has 2 rings (SSSR count). The molecule has 0 aliphatic carbocycles. The summed E-state index contributed by atoms with van der Waals surface area (Å²) >= 11 is 0. The van der Waals surface area contributed by atoms with E-state index in [0.717, 1.165) is 23.0 Å². The van der Waals surface area contributed by atoms with E-state index in [1.54, 1.807) is 0 Å². The molecule has 1 aliphatic rings. The number of H-pyrrole nitrogens is 1. The first-order valence-corrected chi connectivity index (χ1v) is 6.47. The van der Waals surface area contributed by atoms with E-state index in [4.69, 9.17) is 10.3 Å². The first-order chi connectivity index (χ1) is 10.4. The van der Waals surface area contributed by atoms with Gasteiger partial charge in [-0.15, -0.1) is 0 Å². The van der Waals surface area contributed by atoms with E-state index in [-0.39, 0.29) is 12.8 Å². The number of aliphatic hydroxyl groups is 2. The third kappa shape index (κ3) is 3.26. The maximum absolute atomic E-state index is 11.7. The number of aliphatic hydroxyl groups excluding tert-OH is 2. The molecule has 118 valence electrons. The molecule has 0 spiro atoms. The molecule has 4 atom stereocenters. The van der Waals surface area contributed by atoms with E-state index < -0.39 is 41.6 Å². The Kier molecular flexibility index (Phi) is 4.78. The van der Waals surface area contributed by atoms with Gasteiger partial charge in [-0.2, -0.15) is 4.79 Å². The van der Waals surface area contributed by atoms with Crippen molar-refractivity contribution in [3.05, 3.63) is 38.6 Å². The quantitative estimate of drug-likeness (QED) is 0.318. The van der Waals surface area contributed by atoms with Gasteiger partial charge >= 0.3 is 11.9 Å². The lowest BCUT2D eigenvalue weighted by Crippen LogP contribution is -2.37. The highest BCUT2D eigenvalue weighted by Crippen LogP contribution is 2.30. The number of ketones is 1. The molecule has 1 saturated heterocycles. The summed E-state index contributed by atoms with van der Waals surface area (Å²) in [4.78, 5) is 38.5. The molecule has 2 heterocycles. The minimum absolute atomic E-state index is 0.0637. The normalized spacial score (nSPS) is 27.4. The number of hydrogen-bond acceptors (Lipinski definition) is 6. The number of nitrogens with one attached hydrogen (secondary N) is 1. The zero-order chi connectivity index (χ0) is 16.3. The van der Waals surface area contributed by atoms with Gasteiger partial charge < -0.3 is 20.5 Å². The van der Waals surface area contributed by atoms with Crippen LogP contribution >= 0.6 is 0 Å². The number of rotatable bonds is 5. The molecule has 10 heteroatoms. The third-order valence-electron chi connectivity index (χ3n) is 3.34. The highest BCUT2D eigenvalue weighted by Gasteiger charge is 2.43. The molecule has 1 aliphatic heterocycles. The topological polar surface area (TPSA) is 158 Å². The van der Waals surface area contributed by atoms with Gasteiger partial charge in [0.25, 0.3) is 5.56 Å². The SMILES string of the molecule is [N-]=[N+]=CC(=O)CCC1OC(n2ccc(=O)[nH]c2=O)C(O)C1O. The standard InChI is InChI=1S/C12H14N4O6/c13-14-5-6(17)1-2-7-9(19)10(20)11(22-7)16-4-3-8(18)15-12(16)21/h3-5,7,9-11,19-20H,1-2H2,(H,15,18,21). The van der Waals surface area contributed by atoms with E-state index in [0.29, 0.717) is 0 Å². The fraction of sp³-hybridized carbons (Fsp3) is 0.500. The third-order valence-corrected chi connectivity index (χ3v) is 3.34. The second kappa shape index (κ2) is 6.58. The van der Waals surface area contributed by atoms with Gasteiger partial charge in [0.15, 0.2) is 6.23 Å². The number of nitrogens with zero attached hydrogens (tertiary/aromatic N) is 3. The Balaban J connectivity index is 2.13. The van der Waals surface area contributed by atoms with E-state index in [1.165, 1.54) is 0 Å². The molecular formula is C12H14N4O6.